The van der Waals surface area contributed by atoms with Gasteiger partial charge in [0, 0.05) is 60.4 Å². The molecule has 5 aromatic rings. The van der Waals surface area contributed by atoms with Gasteiger partial charge in [-0.2, -0.15) is 5.10 Å². The number of aromatic nitrogens is 5. The first kappa shape index (κ1) is 25.8. The molecule has 1 aliphatic heterocycles. The standard InChI is InChI=1S/C28H29ClN8OS2/c1-35-6-8-36(9-7-35)10-11-37-13-21-23(34-37)4-3-20-25-27(30-16-31-28(25)40-26(20)21)33-18-2-5-24(22(29)12-18)38-14-19-15-39-17-32-19/h2,5,12-13,15-17H,3-4,6-11,14H2,1H3,(H,30,31,33). The summed E-state index contributed by atoms with van der Waals surface area (Å²) >= 11 is 9.83. The quantitative estimate of drug-likeness (QED) is 0.259. The van der Waals surface area contributed by atoms with Gasteiger partial charge in [-0.3, -0.25) is 9.58 Å². The maximum Gasteiger partial charge on any atom is 0.142 e. The molecule has 0 radical (unpaired) electrons. The number of hydrogen-bond donors (Lipinski definition) is 1. The Bertz CT molecular complexity index is 1640. The van der Waals surface area contributed by atoms with Crippen LogP contribution in [-0.2, 0) is 26.0 Å². The van der Waals surface area contributed by atoms with Gasteiger partial charge in [0.05, 0.1) is 33.9 Å². The lowest BCUT2D eigenvalue weighted by molar-refractivity contribution is 0.148. The zero-order valence-electron chi connectivity index (χ0n) is 22.1. The summed E-state index contributed by atoms with van der Waals surface area (Å²) < 4.78 is 7.99. The van der Waals surface area contributed by atoms with Crippen LogP contribution in [0.25, 0.3) is 20.7 Å². The lowest BCUT2D eigenvalue weighted by Crippen LogP contribution is -2.45. The summed E-state index contributed by atoms with van der Waals surface area (Å²) in [7, 11) is 2.19. The topological polar surface area (TPSA) is 84.2 Å². The predicted octanol–water partition coefficient (Wildman–Crippen LogP) is 5.33. The van der Waals surface area contributed by atoms with E-state index in [2.05, 4.69) is 48.0 Å². The van der Waals surface area contributed by atoms with Crippen molar-refractivity contribution in [2.45, 2.75) is 26.0 Å². The first-order valence-electron chi connectivity index (χ1n) is 13.4. The molecular weight excluding hydrogens is 564 g/mol. The molecule has 0 bridgehead atoms. The van der Waals surface area contributed by atoms with Crippen molar-refractivity contribution in [3.8, 4) is 16.2 Å². The molecule has 1 aliphatic carbocycles. The first-order chi connectivity index (χ1) is 19.6. The molecule has 1 N–H and O–H groups in total. The van der Waals surface area contributed by atoms with Crippen LogP contribution in [0.5, 0.6) is 5.75 Å². The number of fused-ring (bicyclic) bond motifs is 5. The highest BCUT2D eigenvalue weighted by molar-refractivity contribution is 7.22. The molecule has 40 heavy (non-hydrogen) atoms. The number of piperazine rings is 1. The van der Waals surface area contributed by atoms with Crippen LogP contribution in [0.4, 0.5) is 11.5 Å². The number of benzene rings is 1. The molecule has 1 fully saturated rings. The molecule has 0 unspecified atom stereocenters. The lowest BCUT2D eigenvalue weighted by Gasteiger charge is -2.32. The van der Waals surface area contributed by atoms with Gasteiger partial charge in [-0.05, 0) is 43.7 Å². The number of hydrogen-bond acceptors (Lipinski definition) is 10. The number of nitrogens with one attached hydrogen (secondary N) is 1. The Morgan fingerprint density at radius 2 is 1.98 bits per heavy atom. The fraction of sp³-hybridized carbons (Fsp3) is 0.357. The van der Waals surface area contributed by atoms with Gasteiger partial charge in [0.1, 0.15) is 29.3 Å². The second kappa shape index (κ2) is 11.1. The van der Waals surface area contributed by atoms with E-state index in [-0.39, 0.29) is 0 Å². The molecule has 0 spiro atoms. The van der Waals surface area contributed by atoms with E-state index in [0.29, 0.717) is 17.4 Å². The van der Waals surface area contributed by atoms with Gasteiger partial charge in [0.15, 0.2) is 0 Å². The van der Waals surface area contributed by atoms with Gasteiger partial charge in [0.2, 0.25) is 0 Å². The summed E-state index contributed by atoms with van der Waals surface area (Å²) in [6, 6.07) is 5.70. The van der Waals surface area contributed by atoms with Crippen LogP contribution in [0.2, 0.25) is 5.02 Å². The van der Waals surface area contributed by atoms with E-state index in [9.17, 15) is 0 Å². The smallest absolute Gasteiger partial charge is 0.142 e. The van der Waals surface area contributed by atoms with E-state index in [1.807, 2.05) is 23.6 Å². The summed E-state index contributed by atoms with van der Waals surface area (Å²) in [4.78, 5) is 20.7. The van der Waals surface area contributed by atoms with Crippen molar-refractivity contribution in [2.75, 3.05) is 45.1 Å². The van der Waals surface area contributed by atoms with Crippen molar-refractivity contribution >= 4 is 56.0 Å². The van der Waals surface area contributed by atoms with Crippen molar-refractivity contribution in [1.29, 1.82) is 0 Å². The number of rotatable bonds is 8. The third-order valence-electron chi connectivity index (χ3n) is 7.58. The van der Waals surface area contributed by atoms with Gasteiger partial charge < -0.3 is 15.0 Å². The van der Waals surface area contributed by atoms with E-state index >= 15 is 0 Å². The Hall–Kier alpha value is -3.09. The minimum absolute atomic E-state index is 0.387. The maximum atomic E-state index is 6.56. The minimum Gasteiger partial charge on any atom is -0.486 e. The molecule has 2 aliphatic rings. The third kappa shape index (κ3) is 5.19. The van der Waals surface area contributed by atoms with E-state index < -0.39 is 0 Å². The monoisotopic (exact) mass is 592 g/mol. The average molecular weight is 593 g/mol. The van der Waals surface area contributed by atoms with Crippen LogP contribution in [0.15, 0.2) is 41.6 Å². The highest BCUT2D eigenvalue weighted by Crippen LogP contribution is 2.45. The SMILES string of the molecule is CN1CCN(CCn2cc3c(n2)CCc2c-3sc3ncnc(Nc4ccc(OCc5cscn5)c(Cl)c4)c23)CC1. The number of likely N-dealkylation sites (N-methyl/N-ethyl adjacent to an activating group) is 1. The van der Waals surface area contributed by atoms with E-state index in [4.69, 9.17) is 21.4 Å². The average Bonchev–Trinajstić information content (AvgIpc) is 3.71. The molecule has 9 nitrogen and oxygen atoms in total. The summed E-state index contributed by atoms with van der Waals surface area (Å²) in [5.74, 6) is 1.42. The molecule has 206 valence electrons. The number of halogens is 1. The lowest BCUT2D eigenvalue weighted by atomic mass is 9.95. The van der Waals surface area contributed by atoms with Crippen molar-refractivity contribution in [2.24, 2.45) is 0 Å². The molecule has 5 heterocycles. The highest BCUT2D eigenvalue weighted by atomic mass is 35.5. The Morgan fingerprint density at radius 3 is 2.80 bits per heavy atom. The maximum absolute atomic E-state index is 6.56. The van der Waals surface area contributed by atoms with Gasteiger partial charge in [-0.15, -0.1) is 22.7 Å². The number of thiophene rings is 1. The van der Waals surface area contributed by atoms with E-state index in [1.165, 1.54) is 21.7 Å². The van der Waals surface area contributed by atoms with Gasteiger partial charge in [0.25, 0.3) is 0 Å². The number of thiazole rings is 1. The Balaban J connectivity index is 1.10. The van der Waals surface area contributed by atoms with Crippen LogP contribution in [0.1, 0.15) is 17.0 Å². The van der Waals surface area contributed by atoms with Crippen LogP contribution < -0.4 is 10.1 Å². The van der Waals surface area contributed by atoms with Crippen LogP contribution in [-0.4, -0.2) is 74.3 Å². The first-order valence-corrected chi connectivity index (χ1v) is 15.5. The molecule has 4 aromatic heterocycles. The normalized spacial score (nSPS) is 15.8. The van der Waals surface area contributed by atoms with Crippen molar-refractivity contribution < 1.29 is 4.74 Å². The van der Waals surface area contributed by atoms with Crippen LogP contribution in [0, 0.1) is 0 Å². The number of ether oxygens (including phenoxy) is 1. The number of anilines is 2. The largest absolute Gasteiger partial charge is 0.486 e. The number of aryl methyl sites for hydroxylation is 2. The summed E-state index contributed by atoms with van der Waals surface area (Å²) in [6.07, 6.45) is 5.69. The van der Waals surface area contributed by atoms with Crippen molar-refractivity contribution in [1.82, 2.24) is 34.5 Å². The molecular formula is C28H29ClN8OS2. The van der Waals surface area contributed by atoms with Gasteiger partial charge in [-0.25, -0.2) is 15.0 Å². The molecule has 1 saturated heterocycles. The van der Waals surface area contributed by atoms with Crippen LogP contribution >= 0.6 is 34.3 Å². The second-order valence-electron chi connectivity index (χ2n) is 10.2. The van der Waals surface area contributed by atoms with Crippen LogP contribution in [0.3, 0.4) is 0 Å². The van der Waals surface area contributed by atoms with Gasteiger partial charge >= 0.3 is 0 Å². The summed E-state index contributed by atoms with van der Waals surface area (Å²) in [5.41, 5.74) is 7.24. The van der Waals surface area contributed by atoms with E-state index in [0.717, 1.165) is 79.5 Å². The Morgan fingerprint density at radius 1 is 1.07 bits per heavy atom. The molecule has 0 amide bonds. The zero-order valence-corrected chi connectivity index (χ0v) is 24.5. The predicted molar refractivity (Wildman–Crippen MR) is 161 cm³/mol. The Kier molecular flexibility index (Phi) is 7.15. The highest BCUT2D eigenvalue weighted by Gasteiger charge is 2.26. The minimum atomic E-state index is 0.387. The third-order valence-corrected chi connectivity index (χ3v) is 9.68. The molecule has 12 heteroatoms. The van der Waals surface area contributed by atoms with Gasteiger partial charge in [-0.1, -0.05) is 11.6 Å². The van der Waals surface area contributed by atoms with Crippen molar-refractivity contribution in [3.63, 3.8) is 0 Å². The molecule has 0 saturated carbocycles. The fourth-order valence-electron chi connectivity index (χ4n) is 5.34. The number of nitrogens with zero attached hydrogens (tertiary/aromatic N) is 7. The molecule has 0 atom stereocenters. The summed E-state index contributed by atoms with van der Waals surface area (Å²) in [5, 5.41) is 12.0. The van der Waals surface area contributed by atoms with Crippen molar-refractivity contribution in [3.05, 3.63) is 63.6 Å². The Labute approximate surface area is 245 Å². The zero-order chi connectivity index (χ0) is 27.1. The second-order valence-corrected chi connectivity index (χ2v) is 12.4. The molecule has 1 aromatic carbocycles. The fourth-order valence-corrected chi connectivity index (χ4v) is 7.34. The molecule has 7 rings (SSSR count). The summed E-state index contributed by atoms with van der Waals surface area (Å²) in [6.45, 7) is 6.85. The van der Waals surface area contributed by atoms with E-state index in [1.54, 1.807) is 34.5 Å².